The van der Waals surface area contributed by atoms with Crippen molar-refractivity contribution in [2.45, 2.75) is 38.6 Å². The van der Waals surface area contributed by atoms with Crippen molar-refractivity contribution in [2.75, 3.05) is 19.6 Å². The number of carbonyl (C=O) groups is 1. The Balaban J connectivity index is 0.00000182. The van der Waals surface area contributed by atoms with Crippen LogP contribution in [0.2, 0.25) is 0 Å². The highest BCUT2D eigenvalue weighted by molar-refractivity contribution is 7.09. The summed E-state index contributed by atoms with van der Waals surface area (Å²) >= 11 is 1.49. The van der Waals surface area contributed by atoms with Crippen molar-refractivity contribution in [1.29, 1.82) is 0 Å². The molecule has 1 saturated heterocycles. The molecule has 0 atom stereocenters. The van der Waals surface area contributed by atoms with Gasteiger partial charge in [-0.25, -0.2) is 9.37 Å². The van der Waals surface area contributed by atoms with Crippen molar-refractivity contribution >= 4 is 42.1 Å². The molecule has 27 heavy (non-hydrogen) atoms. The summed E-state index contributed by atoms with van der Waals surface area (Å²) in [5.41, 5.74) is 1.53. The van der Waals surface area contributed by atoms with Gasteiger partial charge < -0.3 is 10.2 Å². The molecule has 1 aromatic heterocycles. The molecule has 1 N–H and O–H groups in total. The Bertz CT molecular complexity index is 705. The van der Waals surface area contributed by atoms with E-state index in [1.54, 1.807) is 12.1 Å². The first-order valence-corrected chi connectivity index (χ1v) is 9.76. The molecule has 1 amide bonds. The van der Waals surface area contributed by atoms with Crippen LogP contribution < -0.4 is 5.32 Å². The fraction of sp³-hybridized carbons (Fsp3) is 0.474. The molecule has 0 spiro atoms. The van der Waals surface area contributed by atoms with Crippen LogP contribution in [0.4, 0.5) is 4.39 Å². The number of piperidine rings is 1. The Kier molecular flexibility index (Phi) is 10.2. The monoisotopic (exact) mass is 433 g/mol. The molecule has 1 aromatic carbocycles. The predicted octanol–water partition coefficient (Wildman–Crippen LogP) is 4.32. The van der Waals surface area contributed by atoms with Gasteiger partial charge >= 0.3 is 0 Å². The number of halogens is 3. The van der Waals surface area contributed by atoms with E-state index >= 15 is 0 Å². The largest absolute Gasteiger partial charge is 0.334 e. The van der Waals surface area contributed by atoms with Gasteiger partial charge in [0, 0.05) is 24.4 Å². The number of hydrogen-bond acceptors (Lipinski definition) is 4. The third-order valence-corrected chi connectivity index (χ3v) is 5.36. The van der Waals surface area contributed by atoms with Crippen molar-refractivity contribution in [3.8, 4) is 0 Å². The van der Waals surface area contributed by atoms with Crippen LogP contribution in [0.25, 0.3) is 0 Å². The molecule has 1 fully saturated rings. The molecule has 1 aliphatic heterocycles. The SMILES string of the molecule is CCCN(C(=O)c1csc(Cc2ccc(F)cc2)n1)C1CCNCC1.Cl.Cl. The van der Waals surface area contributed by atoms with Crippen molar-refractivity contribution in [1.82, 2.24) is 15.2 Å². The topological polar surface area (TPSA) is 45.2 Å². The lowest BCUT2D eigenvalue weighted by molar-refractivity contribution is 0.0637. The maximum atomic E-state index is 13.0. The predicted molar refractivity (Wildman–Crippen MR) is 113 cm³/mol. The highest BCUT2D eigenvalue weighted by Crippen LogP contribution is 2.20. The quantitative estimate of drug-likeness (QED) is 0.737. The van der Waals surface area contributed by atoms with E-state index in [1.807, 2.05) is 10.3 Å². The molecular weight excluding hydrogens is 408 g/mol. The lowest BCUT2D eigenvalue weighted by atomic mass is 10.0. The summed E-state index contributed by atoms with van der Waals surface area (Å²) < 4.78 is 13.0. The standard InChI is InChI=1S/C19H24FN3OS.2ClH/c1-2-11-23(16-7-9-21-10-8-16)19(24)17-13-25-18(22-17)12-14-3-5-15(20)6-4-14;;/h3-6,13,16,21H,2,7-12H2,1H3;2*1H. The molecule has 8 heteroatoms. The Morgan fingerprint density at radius 2 is 1.93 bits per heavy atom. The van der Waals surface area contributed by atoms with Gasteiger partial charge in [-0.3, -0.25) is 4.79 Å². The Morgan fingerprint density at radius 3 is 2.56 bits per heavy atom. The number of rotatable bonds is 6. The first kappa shape index (κ1) is 23.8. The zero-order valence-corrected chi connectivity index (χ0v) is 17.8. The van der Waals surface area contributed by atoms with E-state index in [1.165, 1.54) is 23.5 Å². The molecule has 0 saturated carbocycles. The third kappa shape index (κ3) is 6.42. The van der Waals surface area contributed by atoms with Crippen molar-refractivity contribution in [3.05, 3.63) is 51.7 Å². The number of benzene rings is 1. The van der Waals surface area contributed by atoms with E-state index in [9.17, 15) is 9.18 Å². The zero-order chi connectivity index (χ0) is 17.6. The van der Waals surface area contributed by atoms with E-state index in [-0.39, 0.29) is 36.5 Å². The Labute approximate surface area is 176 Å². The summed E-state index contributed by atoms with van der Waals surface area (Å²) in [6.07, 6.45) is 3.57. The van der Waals surface area contributed by atoms with Crippen molar-refractivity contribution in [2.24, 2.45) is 0 Å². The van der Waals surface area contributed by atoms with Gasteiger partial charge in [-0.15, -0.1) is 36.2 Å². The molecule has 0 radical (unpaired) electrons. The van der Waals surface area contributed by atoms with Gasteiger partial charge in [0.05, 0.1) is 5.01 Å². The number of amides is 1. The number of nitrogens with one attached hydrogen (secondary N) is 1. The first-order chi connectivity index (χ1) is 12.2. The lowest BCUT2D eigenvalue weighted by Gasteiger charge is -2.34. The number of carbonyl (C=O) groups excluding carboxylic acids is 1. The molecule has 150 valence electrons. The van der Waals surface area contributed by atoms with Crippen molar-refractivity contribution < 1.29 is 9.18 Å². The fourth-order valence-electron chi connectivity index (χ4n) is 3.22. The summed E-state index contributed by atoms with van der Waals surface area (Å²) in [6, 6.07) is 6.73. The minimum absolute atomic E-state index is 0. The van der Waals surface area contributed by atoms with Crippen LogP contribution in [0.1, 0.15) is 47.2 Å². The Morgan fingerprint density at radius 1 is 1.26 bits per heavy atom. The second-order valence-electron chi connectivity index (χ2n) is 6.41. The highest BCUT2D eigenvalue weighted by atomic mass is 35.5. The second kappa shape index (κ2) is 11.6. The maximum absolute atomic E-state index is 13.0. The van der Waals surface area contributed by atoms with Crippen LogP contribution in [0.5, 0.6) is 0 Å². The normalized spacial score (nSPS) is 14.1. The number of nitrogens with zero attached hydrogens (tertiary/aromatic N) is 2. The van der Waals surface area contributed by atoms with Gasteiger partial charge in [0.15, 0.2) is 0 Å². The van der Waals surface area contributed by atoms with Gasteiger partial charge in [0.1, 0.15) is 11.5 Å². The lowest BCUT2D eigenvalue weighted by Crippen LogP contribution is -2.46. The van der Waals surface area contributed by atoms with Gasteiger partial charge in [0.25, 0.3) is 5.91 Å². The van der Waals surface area contributed by atoms with Crippen LogP contribution in [0.3, 0.4) is 0 Å². The molecule has 0 bridgehead atoms. The zero-order valence-electron chi connectivity index (χ0n) is 15.3. The van der Waals surface area contributed by atoms with Crippen LogP contribution in [-0.2, 0) is 6.42 Å². The molecule has 4 nitrogen and oxygen atoms in total. The first-order valence-electron chi connectivity index (χ1n) is 8.88. The van der Waals surface area contributed by atoms with Gasteiger partial charge in [0.2, 0.25) is 0 Å². The number of aromatic nitrogens is 1. The number of thiazole rings is 1. The molecular formula is C19H26Cl2FN3OS. The third-order valence-electron chi connectivity index (χ3n) is 4.51. The van der Waals surface area contributed by atoms with Crippen LogP contribution in [0, 0.1) is 5.82 Å². The smallest absolute Gasteiger partial charge is 0.273 e. The van der Waals surface area contributed by atoms with Crippen molar-refractivity contribution in [3.63, 3.8) is 0 Å². The van der Waals surface area contributed by atoms with Crippen LogP contribution >= 0.6 is 36.2 Å². The molecule has 0 unspecified atom stereocenters. The molecule has 0 aliphatic carbocycles. The second-order valence-corrected chi connectivity index (χ2v) is 7.35. The van der Waals surface area contributed by atoms with Crippen LogP contribution in [-0.4, -0.2) is 41.5 Å². The fourth-order valence-corrected chi connectivity index (χ4v) is 4.03. The summed E-state index contributed by atoms with van der Waals surface area (Å²) in [4.78, 5) is 19.5. The van der Waals surface area contributed by atoms with E-state index in [4.69, 9.17) is 0 Å². The van der Waals surface area contributed by atoms with Gasteiger partial charge in [-0.05, 0) is 50.0 Å². The molecule has 1 aliphatic rings. The summed E-state index contributed by atoms with van der Waals surface area (Å²) in [6.45, 7) is 4.80. The average molecular weight is 434 g/mol. The summed E-state index contributed by atoms with van der Waals surface area (Å²) in [5, 5.41) is 6.09. The van der Waals surface area contributed by atoms with Crippen LogP contribution in [0.15, 0.2) is 29.6 Å². The maximum Gasteiger partial charge on any atom is 0.273 e. The molecule has 3 rings (SSSR count). The van der Waals surface area contributed by atoms with Gasteiger partial charge in [-0.1, -0.05) is 19.1 Å². The Hall–Kier alpha value is -1.21. The molecule has 2 aromatic rings. The average Bonchev–Trinajstić information content (AvgIpc) is 3.10. The summed E-state index contributed by atoms with van der Waals surface area (Å²) in [5.74, 6) is -0.203. The highest BCUT2D eigenvalue weighted by Gasteiger charge is 2.26. The minimum atomic E-state index is -0.240. The van der Waals surface area contributed by atoms with Gasteiger partial charge in [-0.2, -0.15) is 0 Å². The minimum Gasteiger partial charge on any atom is -0.334 e. The number of hydrogen-bond donors (Lipinski definition) is 1. The van der Waals surface area contributed by atoms with E-state index in [2.05, 4.69) is 17.2 Å². The van der Waals surface area contributed by atoms with E-state index in [0.717, 1.165) is 49.5 Å². The molecule has 2 heterocycles. The van der Waals surface area contributed by atoms with E-state index < -0.39 is 0 Å². The summed E-state index contributed by atoms with van der Waals surface area (Å²) in [7, 11) is 0. The van der Waals surface area contributed by atoms with E-state index in [0.29, 0.717) is 18.2 Å².